The molecule has 0 unspecified atom stereocenters. The first-order valence-corrected chi connectivity index (χ1v) is 6.84. The van der Waals surface area contributed by atoms with E-state index in [2.05, 4.69) is 4.65 Å². The van der Waals surface area contributed by atoms with Gasteiger partial charge in [0.05, 0.1) is 10.9 Å². The lowest BCUT2D eigenvalue weighted by atomic mass is 10.0. The topological polar surface area (TPSA) is 48.3 Å². The van der Waals surface area contributed by atoms with Crippen LogP contribution in [0.3, 0.4) is 0 Å². The zero-order valence-electron chi connectivity index (χ0n) is 11.9. The van der Waals surface area contributed by atoms with Gasteiger partial charge in [-0.25, -0.2) is 22.2 Å². The number of benzene rings is 1. The van der Waals surface area contributed by atoms with E-state index in [1.807, 2.05) is 0 Å². The van der Waals surface area contributed by atoms with E-state index in [1.165, 1.54) is 11.5 Å². The molecule has 1 fully saturated rings. The fourth-order valence-electron chi connectivity index (χ4n) is 2.57. The van der Waals surface area contributed by atoms with Crippen molar-refractivity contribution in [1.29, 1.82) is 0 Å². The van der Waals surface area contributed by atoms with Gasteiger partial charge in [-0.2, -0.15) is 0 Å². The standard InChI is InChI=1S/C14H10BF4NO3/c1-6-11-10(4-9(16)12(6)17)20(7-2-3-7)5-8(13(11)21)14(22)23-15(18)19/h4-5,7H,2-3H2,1H3. The van der Waals surface area contributed by atoms with Crippen molar-refractivity contribution in [3.8, 4) is 0 Å². The number of halogens is 4. The zero-order chi connectivity index (χ0) is 16.9. The third kappa shape index (κ3) is 2.60. The van der Waals surface area contributed by atoms with E-state index in [0.717, 1.165) is 25.1 Å². The Bertz CT molecular complexity index is 877. The molecule has 0 atom stereocenters. The first-order chi connectivity index (χ1) is 10.8. The molecule has 0 saturated heterocycles. The van der Waals surface area contributed by atoms with Gasteiger partial charge in [0, 0.05) is 23.9 Å². The number of aromatic nitrogens is 1. The maximum absolute atomic E-state index is 13.8. The van der Waals surface area contributed by atoms with Crippen LogP contribution < -0.4 is 5.43 Å². The molecule has 1 aliphatic carbocycles. The summed E-state index contributed by atoms with van der Waals surface area (Å²) in [5, 5.41) is -0.209. The third-order valence-corrected chi connectivity index (χ3v) is 3.81. The molecule has 0 bridgehead atoms. The molecule has 1 saturated carbocycles. The van der Waals surface area contributed by atoms with Gasteiger partial charge >= 0.3 is 13.4 Å². The molecule has 1 heterocycles. The summed E-state index contributed by atoms with van der Waals surface area (Å²) in [7, 11) is -3.38. The summed E-state index contributed by atoms with van der Waals surface area (Å²) in [5.41, 5.74) is -1.73. The molecule has 3 rings (SSSR count). The van der Waals surface area contributed by atoms with Gasteiger partial charge in [-0.15, -0.1) is 0 Å². The number of carbonyl (C=O) groups excluding carboxylic acids is 1. The molecular weight excluding hydrogens is 317 g/mol. The van der Waals surface area contributed by atoms with E-state index < -0.39 is 36.1 Å². The van der Waals surface area contributed by atoms with Crippen LogP contribution in [-0.4, -0.2) is 18.0 Å². The first-order valence-electron chi connectivity index (χ1n) is 6.84. The Kier molecular flexibility index (Phi) is 3.65. The summed E-state index contributed by atoms with van der Waals surface area (Å²) in [6, 6.07) is 0.778. The van der Waals surface area contributed by atoms with Crippen molar-refractivity contribution < 1.29 is 26.9 Å². The Morgan fingerprint density at radius 1 is 1.35 bits per heavy atom. The Hall–Kier alpha value is -2.32. The maximum Gasteiger partial charge on any atom is 0.798 e. The van der Waals surface area contributed by atoms with Crippen molar-refractivity contribution in [2.45, 2.75) is 25.8 Å². The van der Waals surface area contributed by atoms with Crippen molar-refractivity contribution in [3.63, 3.8) is 0 Å². The summed E-state index contributed by atoms with van der Waals surface area (Å²) in [6.45, 7) is 1.20. The lowest BCUT2D eigenvalue weighted by molar-refractivity contribution is 0.0693. The Balaban J connectivity index is 2.34. The first kappa shape index (κ1) is 15.6. The molecule has 0 radical (unpaired) electrons. The van der Waals surface area contributed by atoms with Gasteiger partial charge in [0.25, 0.3) is 0 Å². The number of nitrogens with zero attached hydrogens (tertiary/aromatic N) is 1. The minimum absolute atomic E-state index is 0.0968. The van der Waals surface area contributed by atoms with Crippen LogP contribution in [0.15, 0.2) is 17.1 Å². The third-order valence-electron chi connectivity index (χ3n) is 3.81. The van der Waals surface area contributed by atoms with Crippen molar-refractivity contribution in [2.75, 3.05) is 0 Å². The second-order valence-corrected chi connectivity index (χ2v) is 5.37. The summed E-state index contributed by atoms with van der Waals surface area (Å²) < 4.78 is 57.1. The summed E-state index contributed by atoms with van der Waals surface area (Å²) in [4.78, 5) is 24.1. The molecule has 1 aliphatic rings. The second kappa shape index (κ2) is 5.40. The summed E-state index contributed by atoms with van der Waals surface area (Å²) in [6.07, 6.45) is 2.52. The second-order valence-electron chi connectivity index (χ2n) is 5.37. The molecule has 120 valence electrons. The quantitative estimate of drug-likeness (QED) is 0.643. The fourth-order valence-corrected chi connectivity index (χ4v) is 2.57. The minimum atomic E-state index is -3.38. The highest BCUT2D eigenvalue weighted by Gasteiger charge is 2.30. The molecule has 0 aliphatic heterocycles. The van der Waals surface area contributed by atoms with Gasteiger partial charge in [0.15, 0.2) is 11.6 Å². The summed E-state index contributed by atoms with van der Waals surface area (Å²) in [5.74, 6) is -3.83. The highest BCUT2D eigenvalue weighted by Crippen LogP contribution is 2.37. The number of pyridine rings is 1. The van der Waals surface area contributed by atoms with Crippen molar-refractivity contribution >= 4 is 24.3 Å². The van der Waals surface area contributed by atoms with Gasteiger partial charge in [-0.05, 0) is 19.8 Å². The number of rotatable bonds is 3. The van der Waals surface area contributed by atoms with Crippen LogP contribution in [0, 0.1) is 18.6 Å². The lowest BCUT2D eigenvalue weighted by Crippen LogP contribution is -2.24. The van der Waals surface area contributed by atoms with E-state index >= 15 is 0 Å². The van der Waals surface area contributed by atoms with Gasteiger partial charge in [-0.1, -0.05) is 0 Å². The van der Waals surface area contributed by atoms with E-state index in [4.69, 9.17) is 0 Å². The number of hydrogen-bond donors (Lipinski definition) is 0. The smallest absolute Gasteiger partial charge is 0.474 e. The zero-order valence-corrected chi connectivity index (χ0v) is 11.9. The lowest BCUT2D eigenvalue weighted by Gasteiger charge is -2.14. The van der Waals surface area contributed by atoms with Gasteiger partial charge in [-0.3, -0.25) is 4.79 Å². The van der Waals surface area contributed by atoms with E-state index in [9.17, 15) is 27.0 Å². The Morgan fingerprint density at radius 3 is 2.57 bits per heavy atom. The number of carbonyl (C=O) groups is 1. The predicted octanol–water partition coefficient (Wildman–Crippen LogP) is 3.00. The molecule has 9 heteroatoms. The molecular formula is C14H10BF4NO3. The fraction of sp³-hybridized carbons (Fsp3) is 0.286. The normalized spacial score (nSPS) is 14.1. The monoisotopic (exact) mass is 327 g/mol. The van der Waals surface area contributed by atoms with Gasteiger partial charge in [0.2, 0.25) is 5.43 Å². The van der Waals surface area contributed by atoms with Crippen molar-refractivity contribution in [3.05, 3.63) is 45.2 Å². The minimum Gasteiger partial charge on any atom is -0.474 e. The molecule has 4 nitrogen and oxygen atoms in total. The molecule has 1 aromatic carbocycles. The van der Waals surface area contributed by atoms with Crippen LogP contribution in [0.2, 0.25) is 0 Å². The maximum atomic E-state index is 13.8. The SMILES string of the molecule is Cc1c(F)c(F)cc2c1c(=O)c(C(=O)OB(F)F)cn2C1CC1. The Labute approximate surface area is 127 Å². The predicted molar refractivity (Wildman–Crippen MR) is 74.5 cm³/mol. The van der Waals surface area contributed by atoms with Crippen LogP contribution in [0.25, 0.3) is 10.9 Å². The van der Waals surface area contributed by atoms with Crippen LogP contribution >= 0.6 is 0 Å². The van der Waals surface area contributed by atoms with Crippen LogP contribution in [-0.2, 0) is 4.65 Å². The van der Waals surface area contributed by atoms with Gasteiger partial charge in [0.1, 0.15) is 5.56 Å². The average Bonchev–Trinajstić information content (AvgIpc) is 3.28. The van der Waals surface area contributed by atoms with Crippen LogP contribution in [0.4, 0.5) is 17.4 Å². The van der Waals surface area contributed by atoms with E-state index in [-0.39, 0.29) is 22.5 Å². The number of hydrogen-bond acceptors (Lipinski definition) is 3. The van der Waals surface area contributed by atoms with Crippen molar-refractivity contribution in [1.82, 2.24) is 4.57 Å². The van der Waals surface area contributed by atoms with E-state index in [0.29, 0.717) is 0 Å². The molecule has 0 N–H and O–H groups in total. The van der Waals surface area contributed by atoms with Crippen LogP contribution in [0.1, 0.15) is 34.8 Å². The number of fused-ring (bicyclic) bond motifs is 1. The molecule has 1 aromatic heterocycles. The Morgan fingerprint density at radius 2 is 2.00 bits per heavy atom. The largest absolute Gasteiger partial charge is 0.798 e. The summed E-state index contributed by atoms with van der Waals surface area (Å²) >= 11 is 0. The molecule has 23 heavy (non-hydrogen) atoms. The average molecular weight is 327 g/mol. The van der Waals surface area contributed by atoms with Crippen molar-refractivity contribution in [2.24, 2.45) is 0 Å². The van der Waals surface area contributed by atoms with Gasteiger partial charge < -0.3 is 9.22 Å². The van der Waals surface area contributed by atoms with E-state index in [1.54, 1.807) is 0 Å². The van der Waals surface area contributed by atoms with Crippen LogP contribution in [0.5, 0.6) is 0 Å². The molecule has 0 spiro atoms. The highest BCUT2D eigenvalue weighted by molar-refractivity contribution is 6.38. The molecule has 2 aromatic rings. The highest BCUT2D eigenvalue weighted by atomic mass is 19.2. The molecule has 0 amide bonds. The number of aryl methyl sites for hydroxylation is 1.